The van der Waals surface area contributed by atoms with Gasteiger partial charge in [-0.2, -0.15) is 0 Å². The standard InChI is InChI=1S/C18H15ClN2/c19-12-14-11-18(15-6-2-3-7-16(15)20-14)21-10-9-13-5-1-4-8-17(13)21/h1-8,11H,9-10,12H2. The Balaban J connectivity index is 1.95. The first-order valence-electron chi connectivity index (χ1n) is 7.17. The second kappa shape index (κ2) is 5.05. The Kier molecular flexibility index (Phi) is 3.04. The van der Waals surface area contributed by atoms with E-state index in [-0.39, 0.29) is 0 Å². The van der Waals surface area contributed by atoms with Gasteiger partial charge in [0.1, 0.15) is 0 Å². The van der Waals surface area contributed by atoms with Gasteiger partial charge >= 0.3 is 0 Å². The lowest BCUT2D eigenvalue weighted by atomic mass is 10.1. The minimum atomic E-state index is 0.438. The van der Waals surface area contributed by atoms with Gasteiger partial charge in [0.25, 0.3) is 0 Å². The van der Waals surface area contributed by atoms with Crippen LogP contribution < -0.4 is 4.90 Å². The van der Waals surface area contributed by atoms with E-state index in [0.717, 1.165) is 24.2 Å². The van der Waals surface area contributed by atoms with Crippen LogP contribution in [0.15, 0.2) is 54.6 Å². The van der Waals surface area contributed by atoms with Gasteiger partial charge in [-0.15, -0.1) is 11.6 Å². The van der Waals surface area contributed by atoms with E-state index in [1.807, 2.05) is 6.07 Å². The van der Waals surface area contributed by atoms with Gasteiger partial charge in [-0.05, 0) is 30.2 Å². The summed E-state index contributed by atoms with van der Waals surface area (Å²) in [4.78, 5) is 7.01. The third-order valence-electron chi connectivity index (χ3n) is 4.06. The largest absolute Gasteiger partial charge is 0.340 e. The summed E-state index contributed by atoms with van der Waals surface area (Å²) in [5.41, 5.74) is 5.85. The molecule has 104 valence electrons. The van der Waals surface area contributed by atoms with Crippen LogP contribution in [0.3, 0.4) is 0 Å². The van der Waals surface area contributed by atoms with Crippen molar-refractivity contribution in [2.75, 3.05) is 11.4 Å². The molecular weight excluding hydrogens is 280 g/mol. The van der Waals surface area contributed by atoms with E-state index >= 15 is 0 Å². The molecule has 0 bridgehead atoms. The number of alkyl halides is 1. The smallest absolute Gasteiger partial charge is 0.0726 e. The zero-order valence-electron chi connectivity index (χ0n) is 11.6. The highest BCUT2D eigenvalue weighted by molar-refractivity contribution is 6.17. The Bertz CT molecular complexity index is 813. The minimum Gasteiger partial charge on any atom is -0.340 e. The average Bonchev–Trinajstić information content (AvgIpc) is 2.97. The van der Waals surface area contributed by atoms with Crippen LogP contribution in [0, 0.1) is 0 Å². The molecule has 4 rings (SSSR count). The number of aromatic nitrogens is 1. The molecule has 0 fully saturated rings. The van der Waals surface area contributed by atoms with Gasteiger partial charge in [-0.3, -0.25) is 4.98 Å². The monoisotopic (exact) mass is 294 g/mol. The number of halogens is 1. The normalized spacial score (nSPS) is 13.7. The van der Waals surface area contributed by atoms with Crippen LogP contribution in [0.5, 0.6) is 0 Å². The van der Waals surface area contributed by atoms with E-state index in [4.69, 9.17) is 11.6 Å². The predicted molar refractivity (Wildman–Crippen MR) is 88.5 cm³/mol. The summed E-state index contributed by atoms with van der Waals surface area (Å²) >= 11 is 6.03. The molecule has 2 nitrogen and oxygen atoms in total. The molecule has 0 N–H and O–H groups in total. The van der Waals surface area contributed by atoms with Gasteiger partial charge in [0.2, 0.25) is 0 Å². The zero-order chi connectivity index (χ0) is 14.2. The molecule has 0 unspecified atom stereocenters. The van der Waals surface area contributed by atoms with Crippen molar-refractivity contribution < 1.29 is 0 Å². The van der Waals surface area contributed by atoms with Crippen molar-refractivity contribution in [3.63, 3.8) is 0 Å². The van der Waals surface area contributed by atoms with Crippen molar-refractivity contribution in [3.05, 3.63) is 65.9 Å². The molecule has 3 heteroatoms. The highest BCUT2D eigenvalue weighted by atomic mass is 35.5. The van der Waals surface area contributed by atoms with Gasteiger partial charge in [0.15, 0.2) is 0 Å². The minimum absolute atomic E-state index is 0.438. The number of para-hydroxylation sites is 2. The number of fused-ring (bicyclic) bond motifs is 2. The third kappa shape index (κ3) is 2.07. The number of pyridine rings is 1. The van der Waals surface area contributed by atoms with E-state index in [9.17, 15) is 0 Å². The van der Waals surface area contributed by atoms with Crippen LogP contribution in [0.1, 0.15) is 11.3 Å². The Morgan fingerprint density at radius 3 is 2.71 bits per heavy atom. The molecule has 1 aromatic heterocycles. The highest BCUT2D eigenvalue weighted by Crippen LogP contribution is 2.38. The summed E-state index contributed by atoms with van der Waals surface area (Å²) in [6, 6.07) is 19.0. The van der Waals surface area contributed by atoms with Crippen LogP contribution in [0.2, 0.25) is 0 Å². The summed E-state index contributed by atoms with van der Waals surface area (Å²) < 4.78 is 0. The number of benzene rings is 2. The van der Waals surface area contributed by atoms with Crippen LogP contribution >= 0.6 is 11.6 Å². The maximum absolute atomic E-state index is 6.03. The zero-order valence-corrected chi connectivity index (χ0v) is 12.3. The molecule has 0 saturated heterocycles. The summed E-state index contributed by atoms with van der Waals surface area (Å²) in [7, 11) is 0. The SMILES string of the molecule is ClCc1cc(N2CCc3ccccc32)c2ccccc2n1. The lowest BCUT2D eigenvalue weighted by molar-refractivity contribution is 0.998. The molecule has 0 aliphatic carbocycles. The first-order chi connectivity index (χ1) is 10.4. The van der Waals surface area contributed by atoms with Gasteiger partial charge < -0.3 is 4.90 Å². The molecule has 1 aliphatic rings. The van der Waals surface area contributed by atoms with Gasteiger partial charge in [-0.1, -0.05) is 36.4 Å². The van der Waals surface area contributed by atoms with Gasteiger partial charge in [0, 0.05) is 17.6 Å². The van der Waals surface area contributed by atoms with Crippen molar-refractivity contribution in [1.82, 2.24) is 4.98 Å². The van der Waals surface area contributed by atoms with E-state index < -0.39 is 0 Å². The van der Waals surface area contributed by atoms with Crippen LogP contribution in [-0.4, -0.2) is 11.5 Å². The maximum Gasteiger partial charge on any atom is 0.0726 e. The van der Waals surface area contributed by atoms with Crippen molar-refractivity contribution >= 4 is 33.9 Å². The van der Waals surface area contributed by atoms with Crippen LogP contribution in [0.4, 0.5) is 11.4 Å². The third-order valence-corrected chi connectivity index (χ3v) is 4.34. The quantitative estimate of drug-likeness (QED) is 0.639. The molecule has 3 aromatic rings. The molecule has 21 heavy (non-hydrogen) atoms. The van der Waals surface area contributed by atoms with Gasteiger partial charge in [-0.25, -0.2) is 0 Å². The van der Waals surface area contributed by atoms with E-state index in [1.165, 1.54) is 22.3 Å². The summed E-state index contributed by atoms with van der Waals surface area (Å²) in [5.74, 6) is 0.438. The molecule has 0 spiro atoms. The van der Waals surface area contributed by atoms with E-state index in [0.29, 0.717) is 5.88 Å². The topological polar surface area (TPSA) is 16.1 Å². The first kappa shape index (κ1) is 12.7. The Morgan fingerprint density at radius 2 is 1.81 bits per heavy atom. The lowest BCUT2D eigenvalue weighted by Crippen LogP contribution is -2.14. The molecule has 0 amide bonds. The number of nitrogens with zero attached hydrogens (tertiary/aromatic N) is 2. The second-order valence-electron chi connectivity index (χ2n) is 5.31. The van der Waals surface area contributed by atoms with Crippen LogP contribution in [0.25, 0.3) is 10.9 Å². The summed E-state index contributed by atoms with van der Waals surface area (Å²) in [6.45, 7) is 1.01. The van der Waals surface area contributed by atoms with Crippen molar-refractivity contribution in [3.8, 4) is 0 Å². The summed E-state index contributed by atoms with van der Waals surface area (Å²) in [5, 5.41) is 1.18. The number of hydrogen-bond acceptors (Lipinski definition) is 2. The fraction of sp³-hybridized carbons (Fsp3) is 0.167. The average molecular weight is 295 g/mol. The molecule has 0 saturated carbocycles. The number of anilines is 2. The Labute approximate surface area is 129 Å². The molecule has 2 aromatic carbocycles. The molecule has 0 atom stereocenters. The number of hydrogen-bond donors (Lipinski definition) is 0. The van der Waals surface area contributed by atoms with Crippen LogP contribution in [-0.2, 0) is 12.3 Å². The second-order valence-corrected chi connectivity index (χ2v) is 5.58. The number of rotatable bonds is 2. The molecular formula is C18H15ClN2. The molecule has 2 heterocycles. The van der Waals surface area contributed by atoms with E-state index in [2.05, 4.69) is 58.4 Å². The van der Waals surface area contributed by atoms with Crippen molar-refractivity contribution in [2.24, 2.45) is 0 Å². The van der Waals surface area contributed by atoms with Crippen molar-refractivity contribution in [2.45, 2.75) is 12.3 Å². The predicted octanol–water partition coefficient (Wildman–Crippen LogP) is 4.67. The fourth-order valence-corrected chi connectivity index (χ4v) is 3.23. The Hall–Kier alpha value is -2.06. The molecule has 0 radical (unpaired) electrons. The summed E-state index contributed by atoms with van der Waals surface area (Å²) in [6.07, 6.45) is 1.09. The first-order valence-corrected chi connectivity index (χ1v) is 7.70. The molecule has 1 aliphatic heterocycles. The Morgan fingerprint density at radius 1 is 1.00 bits per heavy atom. The lowest BCUT2D eigenvalue weighted by Gasteiger charge is -2.22. The van der Waals surface area contributed by atoms with Crippen molar-refractivity contribution in [1.29, 1.82) is 0 Å². The fourth-order valence-electron chi connectivity index (χ4n) is 3.09. The highest BCUT2D eigenvalue weighted by Gasteiger charge is 2.22. The maximum atomic E-state index is 6.03. The van der Waals surface area contributed by atoms with Gasteiger partial charge in [0.05, 0.1) is 22.8 Å². The van der Waals surface area contributed by atoms with E-state index in [1.54, 1.807) is 0 Å².